The number of amides is 1. The maximum Gasteiger partial charge on any atom is 0.256 e. The van der Waals surface area contributed by atoms with E-state index >= 15 is 0 Å². The predicted molar refractivity (Wildman–Crippen MR) is 124 cm³/mol. The molecule has 1 amide bonds. The van der Waals surface area contributed by atoms with Crippen LogP contribution in [0.25, 0.3) is 10.8 Å². The van der Waals surface area contributed by atoms with Gasteiger partial charge in [0.2, 0.25) is 10.0 Å². The SMILES string of the molecule is Cc1ccccc1NC(=O)c1cccc2c(S(=O)(=O)NC3CCNCC3C)cccc12. The third-order valence-corrected chi connectivity index (χ3v) is 7.45. The van der Waals surface area contributed by atoms with Gasteiger partial charge in [0.15, 0.2) is 0 Å². The van der Waals surface area contributed by atoms with Gasteiger partial charge >= 0.3 is 0 Å². The van der Waals surface area contributed by atoms with Crippen LogP contribution in [-0.2, 0) is 10.0 Å². The van der Waals surface area contributed by atoms with Gasteiger partial charge in [0, 0.05) is 22.7 Å². The van der Waals surface area contributed by atoms with E-state index in [1.807, 2.05) is 38.1 Å². The van der Waals surface area contributed by atoms with Gasteiger partial charge in [0.1, 0.15) is 0 Å². The lowest BCUT2D eigenvalue weighted by Gasteiger charge is -2.30. The normalized spacial score (nSPS) is 19.3. The Kier molecular flexibility index (Phi) is 6.09. The fraction of sp³-hybridized carbons (Fsp3) is 0.292. The van der Waals surface area contributed by atoms with Gasteiger partial charge in [0.05, 0.1) is 4.90 Å². The van der Waals surface area contributed by atoms with Crippen LogP contribution in [0.5, 0.6) is 0 Å². The molecule has 2 atom stereocenters. The molecule has 3 aromatic carbocycles. The minimum absolute atomic E-state index is 0.117. The molecule has 0 aliphatic carbocycles. The van der Waals surface area contributed by atoms with Gasteiger partial charge in [-0.25, -0.2) is 13.1 Å². The first-order valence-electron chi connectivity index (χ1n) is 10.5. The van der Waals surface area contributed by atoms with E-state index in [1.165, 1.54) is 0 Å². The second-order valence-electron chi connectivity index (χ2n) is 8.12. The summed E-state index contributed by atoms with van der Waals surface area (Å²) in [5.41, 5.74) is 2.13. The van der Waals surface area contributed by atoms with Crippen molar-refractivity contribution < 1.29 is 13.2 Å². The Morgan fingerprint density at radius 1 is 1.00 bits per heavy atom. The van der Waals surface area contributed by atoms with Crippen molar-refractivity contribution >= 4 is 32.4 Å². The molecule has 0 bridgehead atoms. The van der Waals surface area contributed by atoms with Gasteiger partial charge in [0.25, 0.3) is 5.91 Å². The van der Waals surface area contributed by atoms with Crippen LogP contribution in [0, 0.1) is 12.8 Å². The van der Waals surface area contributed by atoms with Crippen LogP contribution < -0.4 is 15.4 Å². The summed E-state index contributed by atoms with van der Waals surface area (Å²) in [6, 6.07) is 17.7. The summed E-state index contributed by atoms with van der Waals surface area (Å²) in [7, 11) is -3.74. The van der Waals surface area contributed by atoms with E-state index in [0.717, 1.165) is 30.8 Å². The van der Waals surface area contributed by atoms with Crippen molar-refractivity contribution in [2.45, 2.75) is 31.2 Å². The van der Waals surface area contributed by atoms with Gasteiger partial charge in [-0.2, -0.15) is 0 Å². The second-order valence-corrected chi connectivity index (χ2v) is 9.81. The third-order valence-electron chi connectivity index (χ3n) is 5.90. The number of sulfonamides is 1. The highest BCUT2D eigenvalue weighted by atomic mass is 32.2. The van der Waals surface area contributed by atoms with Crippen molar-refractivity contribution in [1.29, 1.82) is 0 Å². The van der Waals surface area contributed by atoms with Crippen LogP contribution in [0.1, 0.15) is 29.3 Å². The smallest absolute Gasteiger partial charge is 0.256 e. The predicted octanol–water partition coefficient (Wildman–Crippen LogP) is 3.68. The summed E-state index contributed by atoms with van der Waals surface area (Å²) in [5, 5.41) is 7.36. The number of fused-ring (bicyclic) bond motifs is 1. The maximum absolute atomic E-state index is 13.2. The number of carbonyl (C=O) groups excluding carboxylic acids is 1. The molecule has 31 heavy (non-hydrogen) atoms. The van der Waals surface area contributed by atoms with Crippen molar-refractivity contribution in [2.24, 2.45) is 5.92 Å². The molecule has 6 nitrogen and oxygen atoms in total. The zero-order valence-electron chi connectivity index (χ0n) is 17.7. The van der Waals surface area contributed by atoms with Gasteiger partial charge in [-0.3, -0.25) is 4.79 Å². The number of para-hydroxylation sites is 1. The fourth-order valence-electron chi connectivity index (χ4n) is 4.07. The molecule has 7 heteroatoms. The molecule has 1 aliphatic rings. The van der Waals surface area contributed by atoms with E-state index in [1.54, 1.807) is 36.4 Å². The minimum atomic E-state index is -3.74. The van der Waals surface area contributed by atoms with Crippen molar-refractivity contribution in [3.05, 3.63) is 71.8 Å². The number of rotatable bonds is 5. The summed E-state index contributed by atoms with van der Waals surface area (Å²) in [5.74, 6) is -0.0664. The van der Waals surface area contributed by atoms with Crippen LogP contribution in [0.15, 0.2) is 65.6 Å². The van der Waals surface area contributed by atoms with E-state index < -0.39 is 10.0 Å². The highest BCUT2D eigenvalue weighted by Crippen LogP contribution is 2.28. The zero-order valence-corrected chi connectivity index (χ0v) is 18.5. The molecular formula is C24H27N3O3S. The average molecular weight is 438 g/mol. The number of carbonyl (C=O) groups is 1. The Labute approximate surface area is 183 Å². The van der Waals surface area contributed by atoms with Gasteiger partial charge < -0.3 is 10.6 Å². The largest absolute Gasteiger partial charge is 0.322 e. The third kappa shape index (κ3) is 4.49. The van der Waals surface area contributed by atoms with Crippen molar-refractivity contribution in [3.63, 3.8) is 0 Å². The first kappa shape index (κ1) is 21.5. The monoisotopic (exact) mass is 437 g/mol. The van der Waals surface area contributed by atoms with Crippen molar-refractivity contribution in [2.75, 3.05) is 18.4 Å². The number of hydrogen-bond acceptors (Lipinski definition) is 4. The quantitative estimate of drug-likeness (QED) is 0.568. The lowest BCUT2D eigenvalue weighted by molar-refractivity contribution is 0.102. The van der Waals surface area contributed by atoms with E-state index in [2.05, 4.69) is 15.4 Å². The average Bonchev–Trinajstić information content (AvgIpc) is 2.76. The molecule has 0 aromatic heterocycles. The first-order valence-corrected chi connectivity index (χ1v) is 12.0. The van der Waals surface area contributed by atoms with Crippen LogP contribution in [0.2, 0.25) is 0 Å². The zero-order chi connectivity index (χ0) is 22.0. The van der Waals surface area contributed by atoms with E-state index in [-0.39, 0.29) is 22.8 Å². The Bertz CT molecular complexity index is 1220. The van der Waals surface area contributed by atoms with Crippen LogP contribution in [0.3, 0.4) is 0 Å². The second kappa shape index (κ2) is 8.78. The fourth-order valence-corrected chi connectivity index (χ4v) is 5.67. The molecule has 1 fully saturated rings. The Morgan fingerprint density at radius 3 is 2.52 bits per heavy atom. The molecule has 1 heterocycles. The lowest BCUT2D eigenvalue weighted by Crippen LogP contribution is -2.48. The molecule has 3 N–H and O–H groups in total. The number of anilines is 1. The first-order chi connectivity index (χ1) is 14.9. The molecule has 0 spiro atoms. The van der Waals surface area contributed by atoms with Gasteiger partial charge in [-0.15, -0.1) is 0 Å². The molecule has 2 unspecified atom stereocenters. The number of piperidine rings is 1. The van der Waals surface area contributed by atoms with Crippen LogP contribution >= 0.6 is 0 Å². The molecule has 3 aromatic rings. The van der Waals surface area contributed by atoms with E-state index in [4.69, 9.17) is 0 Å². The van der Waals surface area contributed by atoms with Gasteiger partial charge in [-0.05, 0) is 61.5 Å². The molecule has 1 saturated heterocycles. The summed E-state index contributed by atoms with van der Waals surface area (Å²) in [6.45, 7) is 5.54. The molecule has 1 aliphatic heterocycles. The topological polar surface area (TPSA) is 87.3 Å². The molecule has 162 valence electrons. The molecular weight excluding hydrogens is 410 g/mol. The number of hydrogen-bond donors (Lipinski definition) is 3. The molecule has 0 radical (unpaired) electrons. The summed E-state index contributed by atoms with van der Waals surface area (Å²) < 4.78 is 29.4. The van der Waals surface area contributed by atoms with E-state index in [0.29, 0.717) is 16.3 Å². The molecule has 0 saturated carbocycles. The summed E-state index contributed by atoms with van der Waals surface area (Å²) >= 11 is 0. The number of nitrogens with one attached hydrogen (secondary N) is 3. The lowest BCUT2D eigenvalue weighted by atomic mass is 9.97. The highest BCUT2D eigenvalue weighted by Gasteiger charge is 2.28. The standard InChI is InChI=1S/C24H27N3O3S/c1-16-7-3-4-11-21(16)26-24(28)20-10-5-9-19-18(20)8-6-12-23(19)31(29,30)27-22-13-14-25-15-17(22)2/h3-12,17,22,25,27H,13-15H2,1-2H3,(H,26,28). The minimum Gasteiger partial charge on any atom is -0.322 e. The van der Waals surface area contributed by atoms with Crippen LogP contribution in [-0.4, -0.2) is 33.5 Å². The van der Waals surface area contributed by atoms with Crippen molar-refractivity contribution in [1.82, 2.24) is 10.0 Å². The Morgan fingerprint density at radius 2 is 1.74 bits per heavy atom. The van der Waals surface area contributed by atoms with Gasteiger partial charge in [-0.1, -0.05) is 49.4 Å². The number of aryl methyl sites for hydroxylation is 1. The summed E-state index contributed by atoms with van der Waals surface area (Å²) in [4.78, 5) is 13.2. The maximum atomic E-state index is 13.2. The Hall–Kier alpha value is -2.74. The number of benzene rings is 3. The Balaban J connectivity index is 1.69. The molecule has 4 rings (SSSR count). The van der Waals surface area contributed by atoms with Crippen LogP contribution in [0.4, 0.5) is 5.69 Å². The van der Waals surface area contributed by atoms with Crippen molar-refractivity contribution in [3.8, 4) is 0 Å². The van der Waals surface area contributed by atoms with E-state index in [9.17, 15) is 13.2 Å². The highest BCUT2D eigenvalue weighted by molar-refractivity contribution is 7.89. The summed E-state index contributed by atoms with van der Waals surface area (Å²) in [6.07, 6.45) is 0.745.